The first kappa shape index (κ1) is 18.9. The van der Waals surface area contributed by atoms with Gasteiger partial charge in [0.2, 0.25) is 5.91 Å². The normalized spacial score (nSPS) is 23.0. The largest absolute Gasteiger partial charge is 0.328 e. The van der Waals surface area contributed by atoms with Gasteiger partial charge in [-0.15, -0.1) is 12.4 Å². The fourth-order valence-corrected chi connectivity index (χ4v) is 4.16. The van der Waals surface area contributed by atoms with E-state index in [9.17, 15) is 4.79 Å². The van der Waals surface area contributed by atoms with Crippen LogP contribution in [0.3, 0.4) is 0 Å². The average Bonchev–Trinajstić information content (AvgIpc) is 3.35. The van der Waals surface area contributed by atoms with E-state index in [2.05, 4.69) is 11.4 Å². The van der Waals surface area contributed by atoms with Crippen molar-refractivity contribution in [1.29, 1.82) is 0 Å². The molecule has 2 atom stereocenters. The highest BCUT2D eigenvalue weighted by Crippen LogP contribution is 2.35. The number of anilines is 1. The van der Waals surface area contributed by atoms with Gasteiger partial charge in [-0.3, -0.25) is 4.79 Å². The number of hydrogen-bond donors (Lipinski definition) is 2. The van der Waals surface area contributed by atoms with Crippen molar-refractivity contribution in [3.8, 4) is 5.69 Å². The Bertz CT molecular complexity index is 740. The minimum atomic E-state index is 0. The maximum absolute atomic E-state index is 12.7. The van der Waals surface area contributed by atoms with Gasteiger partial charge in [-0.05, 0) is 44.2 Å². The predicted molar refractivity (Wildman–Crippen MR) is 106 cm³/mol. The Morgan fingerprint density at radius 3 is 2.50 bits per heavy atom. The second-order valence-electron chi connectivity index (χ2n) is 7.44. The number of aromatic nitrogens is 2. The van der Waals surface area contributed by atoms with E-state index in [1.807, 2.05) is 35.0 Å². The first-order chi connectivity index (χ1) is 12.2. The van der Waals surface area contributed by atoms with Crippen LogP contribution in [0.2, 0.25) is 0 Å². The van der Waals surface area contributed by atoms with Crippen LogP contribution in [-0.4, -0.2) is 21.7 Å². The second-order valence-corrected chi connectivity index (χ2v) is 7.44. The molecule has 6 heteroatoms. The first-order valence-corrected chi connectivity index (χ1v) is 9.42. The van der Waals surface area contributed by atoms with Gasteiger partial charge in [0.15, 0.2) is 0 Å². The van der Waals surface area contributed by atoms with Crippen molar-refractivity contribution in [3.05, 3.63) is 42.1 Å². The molecule has 0 radical (unpaired) electrons. The number of nitrogens with two attached hydrogens (primary N) is 1. The molecule has 1 heterocycles. The molecule has 0 spiro atoms. The third-order valence-electron chi connectivity index (χ3n) is 5.60. The van der Waals surface area contributed by atoms with Gasteiger partial charge < -0.3 is 11.1 Å². The molecule has 2 unspecified atom stereocenters. The number of hydrogen-bond acceptors (Lipinski definition) is 3. The molecule has 2 fully saturated rings. The summed E-state index contributed by atoms with van der Waals surface area (Å²) < 4.78 is 1.88. The second kappa shape index (κ2) is 8.23. The Kier molecular flexibility index (Phi) is 5.99. The van der Waals surface area contributed by atoms with Gasteiger partial charge in [-0.2, -0.15) is 5.10 Å². The quantitative estimate of drug-likeness (QED) is 0.848. The Hall–Kier alpha value is -1.85. The highest BCUT2D eigenvalue weighted by molar-refractivity contribution is 5.92. The van der Waals surface area contributed by atoms with Gasteiger partial charge in [-0.25, -0.2) is 4.68 Å². The summed E-state index contributed by atoms with van der Waals surface area (Å²) in [7, 11) is 0. The molecule has 1 aromatic carbocycles. The van der Waals surface area contributed by atoms with Crippen LogP contribution < -0.4 is 11.1 Å². The van der Waals surface area contributed by atoms with Crippen LogP contribution in [0.15, 0.2) is 36.4 Å². The first-order valence-electron chi connectivity index (χ1n) is 9.42. The Morgan fingerprint density at radius 2 is 1.85 bits per heavy atom. The predicted octanol–water partition coefficient (Wildman–Crippen LogP) is 4.02. The highest BCUT2D eigenvalue weighted by atomic mass is 35.5. The van der Waals surface area contributed by atoms with E-state index >= 15 is 0 Å². The molecule has 26 heavy (non-hydrogen) atoms. The van der Waals surface area contributed by atoms with E-state index in [0.29, 0.717) is 5.92 Å². The van der Waals surface area contributed by atoms with Crippen LogP contribution >= 0.6 is 12.4 Å². The number of rotatable bonds is 4. The molecule has 140 valence electrons. The summed E-state index contributed by atoms with van der Waals surface area (Å²) >= 11 is 0. The summed E-state index contributed by atoms with van der Waals surface area (Å²) in [6.07, 6.45) is 7.51. The fraction of sp³-hybridized carbons (Fsp3) is 0.500. The number of nitrogens with one attached hydrogen (secondary N) is 1. The van der Waals surface area contributed by atoms with E-state index in [1.54, 1.807) is 0 Å². The maximum Gasteiger partial charge on any atom is 0.228 e. The minimum Gasteiger partial charge on any atom is -0.328 e. The SMILES string of the molecule is Cl.NC1CCC(C(=O)Nc2cc(C3CCCC3)nn2-c2ccccc2)C1. The molecular weight excluding hydrogens is 348 g/mol. The van der Waals surface area contributed by atoms with E-state index in [1.165, 1.54) is 25.7 Å². The zero-order valence-corrected chi connectivity index (χ0v) is 15.8. The van der Waals surface area contributed by atoms with Crippen molar-refractivity contribution in [2.45, 2.75) is 56.9 Å². The molecule has 0 aliphatic heterocycles. The Labute approximate surface area is 160 Å². The number of benzene rings is 1. The number of amides is 1. The Balaban J connectivity index is 0.00000196. The number of carbonyl (C=O) groups excluding carboxylic acids is 1. The van der Waals surface area contributed by atoms with Crippen molar-refractivity contribution in [2.75, 3.05) is 5.32 Å². The monoisotopic (exact) mass is 374 g/mol. The topological polar surface area (TPSA) is 72.9 Å². The molecule has 2 aliphatic carbocycles. The summed E-state index contributed by atoms with van der Waals surface area (Å²) in [5, 5.41) is 7.96. The molecular formula is C20H27ClN4O. The van der Waals surface area contributed by atoms with Crippen molar-refractivity contribution in [1.82, 2.24) is 9.78 Å². The van der Waals surface area contributed by atoms with Crippen molar-refractivity contribution in [3.63, 3.8) is 0 Å². The third kappa shape index (κ3) is 3.94. The molecule has 4 rings (SSSR count). The summed E-state index contributed by atoms with van der Waals surface area (Å²) in [5.74, 6) is 1.38. The summed E-state index contributed by atoms with van der Waals surface area (Å²) in [6.45, 7) is 0. The van der Waals surface area contributed by atoms with Crippen LogP contribution in [0.5, 0.6) is 0 Å². The number of para-hydroxylation sites is 1. The molecule has 1 amide bonds. The van der Waals surface area contributed by atoms with Crippen molar-refractivity contribution in [2.24, 2.45) is 11.7 Å². The summed E-state index contributed by atoms with van der Waals surface area (Å²) in [5.41, 5.74) is 8.04. The molecule has 2 saturated carbocycles. The molecule has 3 N–H and O–H groups in total. The van der Waals surface area contributed by atoms with Crippen LogP contribution in [0, 0.1) is 5.92 Å². The molecule has 0 bridgehead atoms. The van der Waals surface area contributed by atoms with E-state index in [-0.39, 0.29) is 30.3 Å². The van der Waals surface area contributed by atoms with Crippen LogP contribution in [0.25, 0.3) is 5.69 Å². The van der Waals surface area contributed by atoms with Gasteiger partial charge in [0.05, 0.1) is 11.4 Å². The van der Waals surface area contributed by atoms with Gasteiger partial charge in [0.1, 0.15) is 5.82 Å². The number of halogens is 1. The minimum absolute atomic E-state index is 0. The van der Waals surface area contributed by atoms with Crippen molar-refractivity contribution < 1.29 is 4.79 Å². The fourth-order valence-electron chi connectivity index (χ4n) is 4.16. The van der Waals surface area contributed by atoms with Gasteiger partial charge >= 0.3 is 0 Å². The zero-order valence-electron chi connectivity index (χ0n) is 14.9. The van der Waals surface area contributed by atoms with Gasteiger partial charge in [0.25, 0.3) is 0 Å². The lowest BCUT2D eigenvalue weighted by molar-refractivity contribution is -0.119. The molecule has 2 aliphatic rings. The van der Waals surface area contributed by atoms with Crippen molar-refractivity contribution >= 4 is 24.1 Å². The lowest BCUT2D eigenvalue weighted by Gasteiger charge is -2.12. The van der Waals surface area contributed by atoms with Crippen LogP contribution in [-0.2, 0) is 4.79 Å². The van der Waals surface area contributed by atoms with E-state index in [4.69, 9.17) is 10.8 Å². The third-order valence-corrected chi connectivity index (χ3v) is 5.60. The van der Waals surface area contributed by atoms with Gasteiger partial charge in [-0.1, -0.05) is 31.0 Å². The molecule has 5 nitrogen and oxygen atoms in total. The standard InChI is InChI=1S/C20H26N4O.ClH/c21-16-11-10-15(12-16)20(25)22-19-13-18(14-6-4-5-7-14)23-24(19)17-8-2-1-3-9-17;/h1-3,8-9,13-16H,4-7,10-12,21H2,(H,22,25);1H. The average molecular weight is 375 g/mol. The van der Waals surface area contributed by atoms with E-state index < -0.39 is 0 Å². The van der Waals surface area contributed by atoms with Crippen LogP contribution in [0.1, 0.15) is 56.6 Å². The lowest BCUT2D eigenvalue weighted by atomic mass is 10.0. The molecule has 2 aromatic rings. The van der Waals surface area contributed by atoms with E-state index in [0.717, 1.165) is 36.5 Å². The molecule has 0 saturated heterocycles. The molecule has 1 aromatic heterocycles. The highest BCUT2D eigenvalue weighted by Gasteiger charge is 2.29. The zero-order chi connectivity index (χ0) is 17.2. The Morgan fingerprint density at radius 1 is 1.12 bits per heavy atom. The number of nitrogens with zero attached hydrogens (tertiary/aromatic N) is 2. The maximum atomic E-state index is 12.7. The lowest BCUT2D eigenvalue weighted by Crippen LogP contribution is -2.24. The number of carbonyl (C=O) groups is 1. The van der Waals surface area contributed by atoms with Gasteiger partial charge in [0, 0.05) is 23.9 Å². The smallest absolute Gasteiger partial charge is 0.228 e. The summed E-state index contributed by atoms with van der Waals surface area (Å²) in [4.78, 5) is 12.7. The van der Waals surface area contributed by atoms with Crippen LogP contribution in [0.4, 0.5) is 5.82 Å². The summed E-state index contributed by atoms with van der Waals surface area (Å²) in [6, 6.07) is 12.2.